The molecule has 0 unspecified atom stereocenters. The predicted molar refractivity (Wildman–Crippen MR) is 267 cm³/mol. The van der Waals surface area contributed by atoms with Crippen LogP contribution in [0.3, 0.4) is 0 Å². The lowest BCUT2D eigenvalue weighted by molar-refractivity contribution is 0.487. The first-order valence-electron chi connectivity index (χ1n) is 22.4. The smallest absolute Gasteiger partial charge is 0.243 e. The van der Waals surface area contributed by atoms with Crippen molar-refractivity contribution in [1.82, 2.24) is 0 Å². The minimum atomic E-state index is -0.137. The number of anilines is 3. The zero-order chi connectivity index (χ0) is 42.9. The van der Waals surface area contributed by atoms with Crippen molar-refractivity contribution in [2.75, 3.05) is 4.90 Å². The number of nitrogens with zero attached hydrogens (tertiary/aromatic N) is 1. The number of fused-ring (bicyclic) bond motifs is 7. The Balaban J connectivity index is 1.06. The molecule has 0 spiro atoms. The van der Waals surface area contributed by atoms with Crippen LogP contribution in [-0.2, 0) is 5.41 Å². The van der Waals surface area contributed by atoms with Crippen molar-refractivity contribution in [2.24, 2.45) is 0 Å². The monoisotopic (exact) mass is 809 g/mol. The fourth-order valence-electron chi connectivity index (χ4n) is 11.8. The zero-order valence-electron chi connectivity index (χ0n) is 37.0. The highest BCUT2D eigenvalue weighted by Crippen LogP contribution is 2.54. The van der Waals surface area contributed by atoms with E-state index in [1.807, 2.05) is 0 Å². The van der Waals surface area contributed by atoms with E-state index in [-0.39, 0.29) is 12.1 Å². The first-order chi connectivity index (χ1) is 30.6. The molecule has 0 saturated carbocycles. The van der Waals surface area contributed by atoms with Crippen LogP contribution in [0, 0.1) is 34.6 Å². The maximum Gasteiger partial charge on any atom is 0.243 e. The topological polar surface area (TPSA) is 12.5 Å². The van der Waals surface area contributed by atoms with E-state index in [0.29, 0.717) is 0 Å². The van der Waals surface area contributed by atoms with Crippen LogP contribution < -0.4 is 26.0 Å². The summed E-state index contributed by atoms with van der Waals surface area (Å²) in [5.41, 5.74) is 26.6. The van der Waals surface area contributed by atoms with Crippen LogP contribution in [0.15, 0.2) is 164 Å². The molecule has 3 heteroatoms. The maximum atomic E-state index is 7.17. The van der Waals surface area contributed by atoms with E-state index in [2.05, 4.69) is 217 Å². The summed E-state index contributed by atoms with van der Waals surface area (Å²) in [5, 5.41) is 2.51. The van der Waals surface area contributed by atoms with Crippen molar-refractivity contribution in [1.29, 1.82) is 0 Å². The van der Waals surface area contributed by atoms with Gasteiger partial charge in [0.05, 0.1) is 5.69 Å². The van der Waals surface area contributed by atoms with E-state index in [0.717, 1.165) is 34.1 Å². The van der Waals surface area contributed by atoms with Gasteiger partial charge >= 0.3 is 0 Å². The number of aryl methyl sites for hydroxylation is 5. The summed E-state index contributed by atoms with van der Waals surface area (Å²) in [7, 11) is 0. The van der Waals surface area contributed by atoms with E-state index < -0.39 is 0 Å². The van der Waals surface area contributed by atoms with Crippen molar-refractivity contribution < 1.29 is 4.74 Å². The molecule has 1 aliphatic carbocycles. The van der Waals surface area contributed by atoms with Crippen LogP contribution >= 0.6 is 0 Å². The Kier molecular flexibility index (Phi) is 8.19. The van der Waals surface area contributed by atoms with Gasteiger partial charge in [0.1, 0.15) is 11.5 Å². The molecule has 9 aromatic carbocycles. The standard InChI is InChI=1S/C60H48BNO/c1-35-29-37(3)58(38(4)30-35)61-52-27-25-47-46-24-22-42(34-55(46)63-54-28-26-48(56(52)57(47)54)49-32-36(2)31-39(5)59(49)61)62(53-20-14-12-17-43(53)40-15-9-8-10-16-40)41-21-23-45-44-18-11-13-19-50(44)60(6,7)51(45)33-41/h8-34H,1-7H3. The fraction of sp³-hybridized carbons (Fsp3) is 0.133. The van der Waals surface area contributed by atoms with Crippen molar-refractivity contribution in [2.45, 2.75) is 53.9 Å². The van der Waals surface area contributed by atoms with Crippen LogP contribution in [0.1, 0.15) is 52.8 Å². The highest BCUT2D eigenvalue weighted by atomic mass is 16.5. The molecular formula is C60H48BNO. The Morgan fingerprint density at radius 2 is 1.02 bits per heavy atom. The molecule has 0 bridgehead atoms. The van der Waals surface area contributed by atoms with Gasteiger partial charge in [0.25, 0.3) is 0 Å². The summed E-state index contributed by atoms with van der Waals surface area (Å²) in [6, 6.07) is 61.1. The second kappa shape index (κ2) is 13.7. The number of para-hydroxylation sites is 1. The average Bonchev–Trinajstić information content (AvgIpc) is 3.51. The molecule has 3 aliphatic rings. The second-order valence-electron chi connectivity index (χ2n) is 18.8. The van der Waals surface area contributed by atoms with E-state index in [1.54, 1.807) is 0 Å². The lowest BCUT2D eigenvalue weighted by atomic mass is 9.32. The predicted octanol–water partition coefficient (Wildman–Crippen LogP) is 14.1. The summed E-state index contributed by atoms with van der Waals surface area (Å²) in [5.74, 6) is 1.77. The van der Waals surface area contributed by atoms with E-state index in [9.17, 15) is 0 Å². The molecule has 0 amide bonds. The Morgan fingerprint density at radius 1 is 0.429 bits per heavy atom. The van der Waals surface area contributed by atoms with Gasteiger partial charge in [0.15, 0.2) is 0 Å². The molecule has 0 aromatic heterocycles. The third kappa shape index (κ3) is 5.52. The summed E-state index contributed by atoms with van der Waals surface area (Å²) in [6.07, 6.45) is 0. The molecule has 302 valence electrons. The van der Waals surface area contributed by atoms with E-state index in [1.165, 1.54) is 105 Å². The molecule has 12 rings (SSSR count). The first-order valence-corrected chi connectivity index (χ1v) is 22.4. The Morgan fingerprint density at radius 3 is 1.79 bits per heavy atom. The van der Waals surface area contributed by atoms with Crippen molar-refractivity contribution in [3.8, 4) is 56.0 Å². The molecule has 0 radical (unpaired) electrons. The Labute approximate surface area is 371 Å². The van der Waals surface area contributed by atoms with Gasteiger partial charge < -0.3 is 9.64 Å². The second-order valence-corrected chi connectivity index (χ2v) is 18.8. The lowest BCUT2D eigenvalue weighted by Gasteiger charge is -2.34. The lowest BCUT2D eigenvalue weighted by Crippen LogP contribution is -2.57. The Hall–Kier alpha value is -7.10. The van der Waals surface area contributed by atoms with E-state index >= 15 is 0 Å². The van der Waals surface area contributed by atoms with Crippen LogP contribution in [-0.4, -0.2) is 6.71 Å². The molecule has 2 aliphatic heterocycles. The molecule has 0 N–H and O–H groups in total. The largest absolute Gasteiger partial charge is 0.456 e. The van der Waals surface area contributed by atoms with Gasteiger partial charge in [0.2, 0.25) is 6.71 Å². The van der Waals surface area contributed by atoms with Crippen LogP contribution in [0.25, 0.3) is 55.3 Å². The number of ether oxygens (including phenoxy) is 1. The summed E-state index contributed by atoms with van der Waals surface area (Å²) in [6.45, 7) is 16.2. The highest BCUT2D eigenvalue weighted by molar-refractivity contribution is 6.99. The van der Waals surface area contributed by atoms with Crippen molar-refractivity contribution in [3.05, 3.63) is 203 Å². The summed E-state index contributed by atoms with van der Waals surface area (Å²) < 4.78 is 7.17. The van der Waals surface area contributed by atoms with Crippen molar-refractivity contribution >= 4 is 50.9 Å². The molecule has 0 atom stereocenters. The van der Waals surface area contributed by atoms with Crippen LogP contribution in [0.5, 0.6) is 11.5 Å². The van der Waals surface area contributed by atoms with Gasteiger partial charge in [-0.25, -0.2) is 0 Å². The number of benzene rings is 9. The van der Waals surface area contributed by atoms with E-state index in [4.69, 9.17) is 4.74 Å². The van der Waals surface area contributed by atoms with Gasteiger partial charge in [0, 0.05) is 39.4 Å². The number of hydrogen-bond donors (Lipinski definition) is 0. The first kappa shape index (κ1) is 37.6. The highest BCUT2D eigenvalue weighted by Gasteiger charge is 2.38. The van der Waals surface area contributed by atoms with Crippen molar-refractivity contribution in [3.63, 3.8) is 0 Å². The average molecular weight is 810 g/mol. The van der Waals surface area contributed by atoms with Crippen LogP contribution in [0.2, 0.25) is 0 Å². The molecule has 2 nitrogen and oxygen atoms in total. The SMILES string of the molecule is Cc1cc(C)c(B2c3c(C)cc(C)cc3-c3ccc4c5c(ccc2c35)-c2ccc(N(c3ccc5c(c3)C(C)(C)c3ccccc3-5)c3ccccc3-c3ccccc3)cc2O4)c(C)c1. The Bertz CT molecular complexity index is 3390. The van der Waals surface area contributed by atoms with Gasteiger partial charge in [-0.15, -0.1) is 0 Å². The molecule has 0 saturated heterocycles. The third-order valence-electron chi connectivity index (χ3n) is 14.4. The quantitative estimate of drug-likeness (QED) is 0.161. The normalized spacial score (nSPS) is 13.5. The van der Waals surface area contributed by atoms with Gasteiger partial charge in [-0.2, -0.15) is 0 Å². The molecule has 63 heavy (non-hydrogen) atoms. The number of hydrogen-bond acceptors (Lipinski definition) is 2. The molecule has 0 fully saturated rings. The van der Waals surface area contributed by atoms with Gasteiger partial charge in [-0.05, 0) is 121 Å². The molecular weight excluding hydrogens is 761 g/mol. The molecule has 2 heterocycles. The third-order valence-corrected chi connectivity index (χ3v) is 14.4. The fourth-order valence-corrected chi connectivity index (χ4v) is 11.8. The maximum absolute atomic E-state index is 7.17. The minimum Gasteiger partial charge on any atom is -0.456 e. The van der Waals surface area contributed by atoms with Gasteiger partial charge in [-0.1, -0.05) is 179 Å². The minimum absolute atomic E-state index is 0.116. The number of rotatable bonds is 5. The summed E-state index contributed by atoms with van der Waals surface area (Å²) in [4.78, 5) is 2.43. The summed E-state index contributed by atoms with van der Waals surface area (Å²) >= 11 is 0. The van der Waals surface area contributed by atoms with Gasteiger partial charge in [-0.3, -0.25) is 0 Å². The zero-order valence-corrected chi connectivity index (χ0v) is 37.0. The van der Waals surface area contributed by atoms with Crippen LogP contribution in [0.4, 0.5) is 17.1 Å². The molecule has 9 aromatic rings.